The number of hydrogen-bond donors (Lipinski definition) is 4. The fourth-order valence-electron chi connectivity index (χ4n) is 3.67. The van der Waals surface area contributed by atoms with E-state index < -0.39 is 5.03 Å². The Morgan fingerprint density at radius 3 is 1.80 bits per heavy atom. The summed E-state index contributed by atoms with van der Waals surface area (Å²) >= 11 is 0. The van der Waals surface area contributed by atoms with Gasteiger partial charge in [0, 0.05) is 34.6 Å². The number of nitrogens with one attached hydrogen (secondary N) is 3. The van der Waals surface area contributed by atoms with E-state index in [4.69, 9.17) is 21.9 Å². The van der Waals surface area contributed by atoms with Crippen LogP contribution in [0.1, 0.15) is 39.9 Å². The van der Waals surface area contributed by atoms with Gasteiger partial charge in [-0.1, -0.05) is 10.3 Å². The molecule has 0 aliphatic carbocycles. The third kappa shape index (κ3) is 12.9. The lowest BCUT2D eigenvalue weighted by atomic mass is 10.0. The average Bonchev–Trinajstić information content (AvgIpc) is 3.81. The fraction of sp³-hybridized carbons (Fsp3) is 0.139. The molecule has 0 aliphatic rings. The van der Waals surface area contributed by atoms with Gasteiger partial charge in [-0.25, -0.2) is 4.98 Å². The Morgan fingerprint density at radius 1 is 0.860 bits per heavy atom. The molecule has 0 aliphatic heterocycles. The molecule has 14 heteroatoms. The summed E-state index contributed by atoms with van der Waals surface area (Å²) in [5.41, 5.74) is 9.01. The molecule has 0 saturated carbocycles. The quantitative estimate of drug-likeness (QED) is 0.0683. The van der Waals surface area contributed by atoms with E-state index >= 15 is 0 Å². The van der Waals surface area contributed by atoms with Gasteiger partial charge in [0.05, 0.1) is 39.2 Å². The molecule has 0 fully saturated rings. The predicted octanol–water partition coefficient (Wildman–Crippen LogP) is 5.30. The van der Waals surface area contributed by atoms with Gasteiger partial charge in [-0.3, -0.25) is 5.84 Å². The van der Waals surface area contributed by atoms with Crippen molar-refractivity contribution in [3.8, 4) is 119 Å². The van der Waals surface area contributed by atoms with Gasteiger partial charge in [0.15, 0.2) is 5.22 Å². The third-order valence-electron chi connectivity index (χ3n) is 5.62. The number of nitrogens with two attached hydrogens (primary N) is 1. The van der Waals surface area contributed by atoms with Crippen molar-refractivity contribution < 1.29 is 25.5 Å². The van der Waals surface area contributed by atoms with Crippen molar-refractivity contribution in [1.29, 1.82) is 0 Å². The molecule has 0 spiro atoms. The normalized spacial score (nSPS) is 8.28. The fourth-order valence-corrected chi connectivity index (χ4v) is 3.67. The molecule has 0 amide bonds. The first-order chi connectivity index (χ1) is 24.2. The van der Waals surface area contributed by atoms with Crippen molar-refractivity contribution in [2.45, 2.75) is 34.2 Å². The molecule has 50 heavy (non-hydrogen) atoms. The lowest BCUT2D eigenvalue weighted by Crippen LogP contribution is -2.13. The van der Waals surface area contributed by atoms with E-state index in [0.717, 1.165) is 56.3 Å². The Kier molecular flexibility index (Phi) is 16.1. The Hall–Kier alpha value is -8.45. The Bertz CT molecular complexity index is 2350. The summed E-state index contributed by atoms with van der Waals surface area (Å²) in [6, 6.07) is 4.14. The number of terminal acetylenes is 2. The van der Waals surface area contributed by atoms with Crippen molar-refractivity contribution in [2.24, 2.45) is 16.3 Å². The summed E-state index contributed by atoms with van der Waals surface area (Å²) in [6.45, 7) is 8.34. The highest BCUT2D eigenvalue weighted by Gasteiger charge is 2.16. The van der Waals surface area contributed by atoms with Gasteiger partial charge in [0.2, 0.25) is 0 Å². The Morgan fingerprint density at radius 2 is 1.38 bits per heavy atom. The highest BCUT2D eigenvalue weighted by atomic mass is 16.7. The van der Waals surface area contributed by atoms with Gasteiger partial charge >= 0.3 is 0 Å². The zero-order chi connectivity index (χ0) is 36.6. The van der Waals surface area contributed by atoms with E-state index in [-0.39, 0.29) is 11.4 Å². The zero-order valence-corrected chi connectivity index (χ0v) is 27.0. The Balaban J connectivity index is -0.000000142. The molecule has 258 valence electrons. The minimum atomic E-state index is -0.879. The summed E-state index contributed by atoms with van der Waals surface area (Å²) < 4.78 is 10.6. The standard InChI is InChI=1S/C18H19N5O2.C18H2.H3N5O2.8H2/c1-9-14(11(3)24-22-9)7-19-15-5-13(6-16-18(15)21-8-20-16)17-10(2)23-25-12(17)4;1-3-5-7-9-11-13-15-17-18-16-14-12-10-8-6-4-2;1-2-3-4-5(6)7;;;;;;;;/h5-6,8,19H,7H2,1-4H3,(H,20,21);1-2H;(H2,1,3)(H,2,4);8*1H. The van der Waals surface area contributed by atoms with Gasteiger partial charge < -0.3 is 29.5 Å². The van der Waals surface area contributed by atoms with Crippen LogP contribution in [0.2, 0.25) is 0 Å². The first-order valence-electron chi connectivity index (χ1n) is 13.7. The number of hydrazine groups is 1. The maximum Gasteiger partial charge on any atom is 0.193 e. The smallest absolute Gasteiger partial charge is 0.193 e. The topological polar surface area (TPSA) is 199 Å². The number of aromatic amines is 1. The van der Waals surface area contributed by atoms with Crippen LogP contribution in [-0.2, 0) is 6.54 Å². The molecule has 0 atom stereocenters. The van der Waals surface area contributed by atoms with Crippen LogP contribution >= 0.6 is 0 Å². The van der Waals surface area contributed by atoms with Crippen LogP contribution < -0.4 is 16.7 Å². The number of hydrogen-bond acceptors (Lipinski definition) is 10. The SMILES string of the molecule is C#CC#CC#CC#CC#CC#CC#CC#CC#C.Cc1noc(C)c1CNc1cc(-c2c(C)noc2C)cc2[nH]cnc12.NN=NN[N+](=O)[O-].[HH].[HH].[HH].[HH].[HH].[HH].[HH].[HH]. The van der Waals surface area contributed by atoms with Gasteiger partial charge in [-0.15, -0.1) is 12.8 Å². The van der Waals surface area contributed by atoms with Crippen LogP contribution in [0, 0.1) is 145 Å². The monoisotopic (exact) mass is 676 g/mol. The van der Waals surface area contributed by atoms with Crippen LogP contribution in [0.25, 0.3) is 22.2 Å². The van der Waals surface area contributed by atoms with Crippen LogP contribution in [0.3, 0.4) is 0 Å². The third-order valence-corrected chi connectivity index (χ3v) is 5.62. The van der Waals surface area contributed by atoms with Crippen molar-refractivity contribution >= 4 is 16.7 Å². The molecular weight excluding hydrogens is 636 g/mol. The van der Waals surface area contributed by atoms with Crippen molar-refractivity contribution in [1.82, 2.24) is 25.8 Å². The number of nitrogens with zero attached hydrogens (tertiary/aromatic N) is 6. The lowest BCUT2D eigenvalue weighted by molar-refractivity contribution is -0.546. The molecule has 0 unspecified atom stereocenters. The van der Waals surface area contributed by atoms with Crippen LogP contribution in [0.4, 0.5) is 5.69 Å². The predicted molar refractivity (Wildman–Crippen MR) is 203 cm³/mol. The highest BCUT2D eigenvalue weighted by Crippen LogP contribution is 2.33. The van der Waals surface area contributed by atoms with E-state index in [1.165, 1.54) is 5.53 Å². The first-order valence-corrected chi connectivity index (χ1v) is 13.7. The maximum atomic E-state index is 9.24. The molecule has 3 aromatic heterocycles. The first kappa shape index (κ1) is 37.7. The van der Waals surface area contributed by atoms with Crippen LogP contribution in [0.5, 0.6) is 0 Å². The van der Waals surface area contributed by atoms with E-state index in [1.54, 1.807) is 6.33 Å². The number of benzene rings is 1. The van der Waals surface area contributed by atoms with E-state index in [2.05, 4.69) is 149 Å². The summed E-state index contributed by atoms with van der Waals surface area (Å²) in [4.78, 5) is 16.9. The summed E-state index contributed by atoms with van der Waals surface area (Å²) in [6.07, 6.45) is 11.5. The molecule has 3 heterocycles. The molecule has 14 nitrogen and oxygen atoms in total. The molecule has 0 saturated heterocycles. The van der Waals surface area contributed by atoms with E-state index in [1.807, 2.05) is 27.7 Å². The van der Waals surface area contributed by atoms with E-state index in [9.17, 15) is 10.1 Å². The molecule has 4 aromatic rings. The molecule has 4 rings (SSSR count). The van der Waals surface area contributed by atoms with Gasteiger partial charge in [0.25, 0.3) is 0 Å². The second-order valence-corrected chi connectivity index (χ2v) is 8.79. The van der Waals surface area contributed by atoms with Crippen LogP contribution in [0.15, 0.2) is 38.0 Å². The number of rotatable bonds is 6. The molecule has 1 aromatic carbocycles. The van der Waals surface area contributed by atoms with Gasteiger partial charge in [0.1, 0.15) is 17.0 Å². The second-order valence-electron chi connectivity index (χ2n) is 8.79. The van der Waals surface area contributed by atoms with Crippen molar-refractivity contribution in [2.75, 3.05) is 5.32 Å². The minimum absolute atomic E-state index is 0. The van der Waals surface area contributed by atoms with Crippen molar-refractivity contribution in [3.63, 3.8) is 0 Å². The van der Waals surface area contributed by atoms with Crippen molar-refractivity contribution in [3.05, 3.63) is 57.0 Å². The van der Waals surface area contributed by atoms with Gasteiger partial charge in [-0.2, -0.15) is 0 Å². The average molecular weight is 677 g/mol. The summed E-state index contributed by atoms with van der Waals surface area (Å²) in [5, 5.41) is 25.1. The molecule has 0 bridgehead atoms. The number of anilines is 1. The molecule has 0 radical (unpaired) electrons. The number of nitro groups is 1. The number of H-pyrrole nitrogens is 1. The molecular formula is C36H40N10O4. The zero-order valence-electron chi connectivity index (χ0n) is 27.0. The number of imidazole rings is 1. The number of fused-ring (bicyclic) bond motifs is 1. The lowest BCUT2D eigenvalue weighted by Gasteiger charge is -2.10. The van der Waals surface area contributed by atoms with Gasteiger partial charge in [-0.05, 0) is 140 Å². The summed E-state index contributed by atoms with van der Waals surface area (Å²) in [5.74, 6) is 44.2. The minimum Gasteiger partial charge on any atom is -0.379 e. The van der Waals surface area contributed by atoms with Crippen LogP contribution in [-0.4, -0.2) is 25.3 Å². The maximum absolute atomic E-state index is 9.24. The second kappa shape index (κ2) is 21.3. The highest BCUT2D eigenvalue weighted by molar-refractivity contribution is 5.93. The van der Waals surface area contributed by atoms with E-state index in [0.29, 0.717) is 6.54 Å². The number of aromatic nitrogens is 4. The number of aryl methyl sites for hydroxylation is 4. The largest absolute Gasteiger partial charge is 0.379 e. The molecule has 5 N–H and O–H groups in total. The summed E-state index contributed by atoms with van der Waals surface area (Å²) in [7, 11) is 0. The Labute approximate surface area is 299 Å².